The molecule has 1 heterocycles. The highest BCUT2D eigenvalue weighted by Gasteiger charge is 2.58. The van der Waals surface area contributed by atoms with Crippen molar-refractivity contribution in [2.24, 2.45) is 23.7 Å². The maximum absolute atomic E-state index is 14.2. The van der Waals surface area contributed by atoms with E-state index in [1.54, 1.807) is 49.3 Å². The SMILES string of the molecule is CCCCC(NC(=O)C1C2C[C@H]2CN1C(=O)[C@@H](NC(=O)OCC(C)C)C1CCCCC1)C(=O)C(=O)NCC(=O)N[C@H](C(=O)N(C)C)c1ccccc1. The summed E-state index contributed by atoms with van der Waals surface area (Å²) in [7, 11) is 3.13. The molecule has 1 aromatic rings. The minimum atomic E-state index is -1.17. The number of ether oxygens (including phenoxy) is 1. The van der Waals surface area contributed by atoms with Crippen LogP contribution in [-0.4, -0.2) is 103 Å². The van der Waals surface area contributed by atoms with Gasteiger partial charge >= 0.3 is 6.09 Å². The smallest absolute Gasteiger partial charge is 0.407 e. The monoisotopic (exact) mass is 724 g/mol. The fourth-order valence-electron chi connectivity index (χ4n) is 7.21. The van der Waals surface area contributed by atoms with Gasteiger partial charge in [0.25, 0.3) is 5.91 Å². The van der Waals surface area contributed by atoms with E-state index in [0.717, 1.165) is 38.5 Å². The van der Waals surface area contributed by atoms with Crippen molar-refractivity contribution in [2.75, 3.05) is 33.8 Å². The zero-order valence-electron chi connectivity index (χ0n) is 31.2. The Kier molecular flexibility index (Phi) is 14.6. The lowest BCUT2D eigenvalue weighted by molar-refractivity contribution is -0.144. The first-order valence-electron chi connectivity index (χ1n) is 18.7. The highest BCUT2D eigenvalue weighted by molar-refractivity contribution is 6.38. The van der Waals surface area contributed by atoms with E-state index in [4.69, 9.17) is 4.74 Å². The van der Waals surface area contributed by atoms with Crippen LogP contribution >= 0.6 is 0 Å². The molecule has 2 saturated carbocycles. The Labute approximate surface area is 306 Å². The summed E-state index contributed by atoms with van der Waals surface area (Å²) in [5, 5.41) is 10.6. The second-order valence-electron chi connectivity index (χ2n) is 15.0. The lowest BCUT2D eigenvalue weighted by Crippen LogP contribution is -2.59. The Hall–Kier alpha value is -4.49. The van der Waals surface area contributed by atoms with Crippen LogP contribution in [0.15, 0.2) is 30.3 Å². The van der Waals surface area contributed by atoms with E-state index in [-0.39, 0.29) is 48.5 Å². The number of Topliss-reactive ketones (excluding diaryl/α,β-unsaturated/α-hetero) is 1. The first-order chi connectivity index (χ1) is 24.8. The summed E-state index contributed by atoms with van der Waals surface area (Å²) >= 11 is 0. The second-order valence-corrected chi connectivity index (χ2v) is 15.0. The van der Waals surface area contributed by atoms with Gasteiger partial charge < -0.3 is 35.8 Å². The van der Waals surface area contributed by atoms with Crippen LogP contribution in [0.25, 0.3) is 0 Å². The Morgan fingerprint density at radius 3 is 2.27 bits per heavy atom. The van der Waals surface area contributed by atoms with Gasteiger partial charge in [-0.15, -0.1) is 0 Å². The third kappa shape index (κ3) is 10.8. The molecule has 1 saturated heterocycles. The molecule has 3 unspecified atom stereocenters. The number of piperidine rings is 1. The molecular weight excluding hydrogens is 668 g/mol. The van der Waals surface area contributed by atoms with Crippen molar-refractivity contribution >= 4 is 41.4 Å². The second kappa shape index (κ2) is 18.8. The average Bonchev–Trinajstić information content (AvgIpc) is 3.80. The number of benzene rings is 1. The minimum Gasteiger partial charge on any atom is -0.449 e. The van der Waals surface area contributed by atoms with Crippen molar-refractivity contribution in [1.29, 1.82) is 0 Å². The maximum atomic E-state index is 14.2. The van der Waals surface area contributed by atoms with Gasteiger partial charge in [-0.05, 0) is 54.9 Å². The van der Waals surface area contributed by atoms with Crippen LogP contribution < -0.4 is 21.3 Å². The Balaban J connectivity index is 1.41. The number of fused-ring (bicyclic) bond motifs is 1. The van der Waals surface area contributed by atoms with Crippen LogP contribution in [0.5, 0.6) is 0 Å². The normalized spacial score (nSPS) is 21.2. The molecule has 52 heavy (non-hydrogen) atoms. The van der Waals surface area contributed by atoms with Crippen LogP contribution in [0.3, 0.4) is 0 Å². The molecule has 0 radical (unpaired) electrons. The van der Waals surface area contributed by atoms with Gasteiger partial charge in [0.05, 0.1) is 19.2 Å². The van der Waals surface area contributed by atoms with Crippen molar-refractivity contribution in [3.05, 3.63) is 35.9 Å². The molecule has 4 rings (SSSR count). The van der Waals surface area contributed by atoms with Gasteiger partial charge in [-0.1, -0.05) is 83.2 Å². The largest absolute Gasteiger partial charge is 0.449 e. The molecule has 1 aromatic carbocycles. The summed E-state index contributed by atoms with van der Waals surface area (Å²) in [4.78, 5) is 96.0. The molecule has 0 bridgehead atoms. The molecular formula is C38H56N6O8. The molecule has 3 aliphatic rings. The number of nitrogens with one attached hydrogen (secondary N) is 4. The maximum Gasteiger partial charge on any atom is 0.407 e. The van der Waals surface area contributed by atoms with Crippen LogP contribution in [0.4, 0.5) is 4.79 Å². The van der Waals surface area contributed by atoms with Crippen LogP contribution in [0.1, 0.15) is 90.2 Å². The summed E-state index contributed by atoms with van der Waals surface area (Å²) in [6.07, 6.45) is 6.04. The van der Waals surface area contributed by atoms with Gasteiger partial charge in [-0.25, -0.2) is 4.79 Å². The lowest BCUT2D eigenvalue weighted by atomic mass is 9.83. The van der Waals surface area contributed by atoms with E-state index in [1.807, 2.05) is 20.8 Å². The molecule has 14 nitrogen and oxygen atoms in total. The number of carbonyl (C=O) groups is 7. The molecule has 2 aliphatic carbocycles. The number of unbranched alkanes of at least 4 members (excludes halogenated alkanes) is 1. The number of alkyl carbamates (subject to hydrolysis) is 1. The average molecular weight is 725 g/mol. The van der Waals surface area contributed by atoms with Gasteiger partial charge in [0.2, 0.25) is 29.4 Å². The predicted molar refractivity (Wildman–Crippen MR) is 192 cm³/mol. The van der Waals surface area contributed by atoms with Gasteiger partial charge in [0, 0.05) is 20.6 Å². The molecule has 14 heteroatoms. The third-order valence-electron chi connectivity index (χ3n) is 10.1. The Morgan fingerprint density at radius 2 is 1.63 bits per heavy atom. The summed E-state index contributed by atoms with van der Waals surface area (Å²) in [6.45, 7) is 5.79. The van der Waals surface area contributed by atoms with E-state index in [2.05, 4.69) is 21.3 Å². The number of likely N-dealkylation sites (N-methyl/N-ethyl adjacent to an activating group) is 1. The lowest BCUT2D eigenvalue weighted by Gasteiger charge is -2.35. The quantitative estimate of drug-likeness (QED) is 0.177. The predicted octanol–water partition coefficient (Wildman–Crippen LogP) is 2.47. The number of hydrogen-bond acceptors (Lipinski definition) is 8. The molecule has 6 atom stereocenters. The standard InChI is InChI=1S/C38H56N6O8/c1-6-7-18-28(33(46)35(48)39-20-29(45)41-30(36(49)43(4)5)24-14-10-8-11-15-24)40-34(47)32-27-19-26(27)21-44(32)37(50)31(25-16-12-9-13-17-25)42-38(51)52-22-23(2)3/h8,10-11,14-15,23,25-28,30-32H,6-7,9,12-13,16-22H2,1-5H3,(H,39,48)(H,40,47)(H,41,45)(H,42,51)/t26-,27?,28?,30-,31-,32?/m0/s1. The Morgan fingerprint density at radius 1 is 0.942 bits per heavy atom. The fraction of sp³-hybridized carbons (Fsp3) is 0.658. The number of ketones is 1. The van der Waals surface area contributed by atoms with Crippen LogP contribution in [-0.2, 0) is 33.5 Å². The van der Waals surface area contributed by atoms with E-state index in [9.17, 15) is 33.6 Å². The molecule has 4 N–H and O–H groups in total. The highest BCUT2D eigenvalue weighted by Crippen LogP contribution is 2.50. The first kappa shape index (κ1) is 40.3. The Bertz CT molecular complexity index is 1450. The highest BCUT2D eigenvalue weighted by atomic mass is 16.5. The van der Waals surface area contributed by atoms with Gasteiger partial charge in [-0.2, -0.15) is 0 Å². The van der Waals surface area contributed by atoms with Crippen LogP contribution in [0, 0.1) is 23.7 Å². The summed E-state index contributed by atoms with van der Waals surface area (Å²) in [6, 6.07) is 4.83. The van der Waals surface area contributed by atoms with E-state index in [1.165, 1.54) is 4.90 Å². The van der Waals surface area contributed by atoms with Gasteiger partial charge in [-0.3, -0.25) is 28.8 Å². The first-order valence-corrected chi connectivity index (χ1v) is 18.7. The zero-order valence-corrected chi connectivity index (χ0v) is 31.2. The topological polar surface area (TPSA) is 183 Å². The number of rotatable bonds is 17. The molecule has 3 fully saturated rings. The van der Waals surface area contributed by atoms with Crippen molar-refractivity contribution in [3.63, 3.8) is 0 Å². The van der Waals surface area contributed by atoms with E-state index < -0.39 is 60.3 Å². The van der Waals surface area contributed by atoms with Crippen LogP contribution in [0.2, 0.25) is 0 Å². The number of nitrogens with zero attached hydrogens (tertiary/aromatic N) is 2. The van der Waals surface area contributed by atoms with Crippen molar-refractivity contribution in [1.82, 2.24) is 31.1 Å². The third-order valence-corrected chi connectivity index (χ3v) is 10.1. The van der Waals surface area contributed by atoms with Crippen molar-refractivity contribution in [2.45, 2.75) is 103 Å². The zero-order chi connectivity index (χ0) is 37.9. The fourth-order valence-corrected chi connectivity index (χ4v) is 7.21. The molecule has 1 aliphatic heterocycles. The summed E-state index contributed by atoms with van der Waals surface area (Å²) in [5.74, 6) is -3.73. The summed E-state index contributed by atoms with van der Waals surface area (Å²) < 4.78 is 5.36. The van der Waals surface area contributed by atoms with E-state index >= 15 is 0 Å². The molecule has 286 valence electrons. The number of amides is 6. The number of hydrogen-bond donors (Lipinski definition) is 4. The van der Waals surface area contributed by atoms with Crippen molar-refractivity contribution in [3.8, 4) is 0 Å². The van der Waals surface area contributed by atoms with E-state index in [0.29, 0.717) is 24.9 Å². The number of carbonyl (C=O) groups excluding carboxylic acids is 7. The van der Waals surface area contributed by atoms with Gasteiger partial charge in [0.1, 0.15) is 18.1 Å². The summed E-state index contributed by atoms with van der Waals surface area (Å²) in [5.41, 5.74) is 0.559. The molecule has 6 amide bonds. The van der Waals surface area contributed by atoms with Crippen molar-refractivity contribution < 1.29 is 38.3 Å². The molecule has 0 aromatic heterocycles. The molecule has 0 spiro atoms. The minimum absolute atomic E-state index is 0.0780. The number of likely N-dealkylation sites (tertiary alicyclic amines) is 1. The van der Waals surface area contributed by atoms with Gasteiger partial charge in [0.15, 0.2) is 0 Å².